The molecule has 0 aliphatic heterocycles. The van der Waals surface area contributed by atoms with Gasteiger partial charge in [0.2, 0.25) is 5.91 Å². The summed E-state index contributed by atoms with van der Waals surface area (Å²) in [5.41, 5.74) is 4.28. The minimum Gasteiger partial charge on any atom is -0.359 e. The Labute approximate surface area is 169 Å². The molecule has 0 atom stereocenters. The summed E-state index contributed by atoms with van der Waals surface area (Å²) in [4.78, 5) is 16.9. The summed E-state index contributed by atoms with van der Waals surface area (Å²) in [6, 6.07) is 21.7. The monoisotopic (exact) mass is 386 g/mol. The van der Waals surface area contributed by atoms with Gasteiger partial charge >= 0.3 is 0 Å². The van der Waals surface area contributed by atoms with Crippen LogP contribution in [-0.2, 0) is 16.6 Å². The normalized spacial score (nSPS) is 11.1. The molecule has 2 aromatic heterocycles. The van der Waals surface area contributed by atoms with Gasteiger partial charge in [-0.05, 0) is 24.1 Å². The van der Waals surface area contributed by atoms with Gasteiger partial charge in [-0.3, -0.25) is 9.48 Å². The molecule has 4 aromatic rings. The lowest BCUT2D eigenvalue weighted by atomic mass is 10.0. The molecule has 0 spiro atoms. The molecule has 146 valence electrons. The van der Waals surface area contributed by atoms with Crippen LogP contribution in [0.5, 0.6) is 0 Å². The second kappa shape index (κ2) is 8.24. The highest BCUT2D eigenvalue weighted by atomic mass is 16.5. The fourth-order valence-electron chi connectivity index (χ4n) is 3.37. The van der Waals surface area contributed by atoms with Gasteiger partial charge < -0.3 is 10.1 Å². The molecule has 1 N–H and O–H groups in total. The molecule has 0 unspecified atom stereocenters. The fourth-order valence-corrected chi connectivity index (χ4v) is 3.37. The van der Waals surface area contributed by atoms with E-state index in [4.69, 9.17) is 4.74 Å². The van der Waals surface area contributed by atoms with Crippen molar-refractivity contribution in [3.63, 3.8) is 0 Å². The van der Waals surface area contributed by atoms with E-state index in [1.165, 1.54) is 0 Å². The number of rotatable bonds is 6. The predicted octanol–water partition coefficient (Wildman–Crippen LogP) is 4.02. The molecule has 4 rings (SSSR count). The van der Waals surface area contributed by atoms with E-state index in [2.05, 4.69) is 15.4 Å². The Balaban J connectivity index is 1.48. The summed E-state index contributed by atoms with van der Waals surface area (Å²) in [7, 11) is 1.85. The zero-order chi connectivity index (χ0) is 20.2. The maximum atomic E-state index is 12.5. The first-order valence-electron chi connectivity index (χ1n) is 9.42. The maximum absolute atomic E-state index is 12.5. The molecule has 0 fully saturated rings. The number of fused-ring (bicyclic) bond motifs is 1. The quantitative estimate of drug-likeness (QED) is 0.543. The number of nitrogens with one attached hydrogen (secondary N) is 1. The van der Waals surface area contributed by atoms with Crippen molar-refractivity contribution in [3.05, 3.63) is 89.7 Å². The molecule has 0 radical (unpaired) electrons. The van der Waals surface area contributed by atoms with Crippen LogP contribution in [0.3, 0.4) is 0 Å². The molecule has 0 aliphatic carbocycles. The number of amides is 1. The van der Waals surface area contributed by atoms with E-state index in [0.717, 1.165) is 27.9 Å². The van der Waals surface area contributed by atoms with Crippen LogP contribution in [0.4, 0.5) is 5.69 Å². The van der Waals surface area contributed by atoms with Crippen molar-refractivity contribution >= 4 is 22.6 Å². The number of pyridine rings is 1. The number of carbonyl (C=O) groups is 1. The maximum Gasteiger partial charge on any atom is 0.250 e. The van der Waals surface area contributed by atoms with E-state index in [0.29, 0.717) is 5.69 Å². The van der Waals surface area contributed by atoms with Gasteiger partial charge in [0, 0.05) is 12.4 Å². The van der Waals surface area contributed by atoms with Crippen molar-refractivity contribution in [1.29, 1.82) is 0 Å². The van der Waals surface area contributed by atoms with Crippen molar-refractivity contribution in [1.82, 2.24) is 14.8 Å². The van der Waals surface area contributed by atoms with Crippen LogP contribution in [0.2, 0.25) is 0 Å². The van der Waals surface area contributed by atoms with Crippen molar-refractivity contribution in [2.24, 2.45) is 7.05 Å². The minimum absolute atomic E-state index is 0.0709. The van der Waals surface area contributed by atoms with E-state index < -0.39 is 0 Å². The first-order valence-corrected chi connectivity index (χ1v) is 9.42. The average Bonchev–Trinajstić information content (AvgIpc) is 3.03. The van der Waals surface area contributed by atoms with E-state index in [1.807, 2.05) is 80.7 Å². The van der Waals surface area contributed by atoms with Crippen LogP contribution in [-0.4, -0.2) is 27.3 Å². The third-order valence-electron chi connectivity index (χ3n) is 4.73. The topological polar surface area (TPSA) is 69.0 Å². The lowest BCUT2D eigenvalue weighted by Gasteiger charge is -2.18. The Kier molecular flexibility index (Phi) is 5.35. The summed E-state index contributed by atoms with van der Waals surface area (Å²) in [6.45, 7) is 1.85. The molecule has 2 aromatic carbocycles. The van der Waals surface area contributed by atoms with E-state index in [9.17, 15) is 4.79 Å². The lowest BCUT2D eigenvalue weighted by Crippen LogP contribution is -2.20. The summed E-state index contributed by atoms with van der Waals surface area (Å²) in [6.07, 6.45) is 1.32. The van der Waals surface area contributed by atoms with Gasteiger partial charge in [0.15, 0.2) is 5.65 Å². The molecule has 29 heavy (non-hydrogen) atoms. The standard InChI is InChI=1S/C23H22N4O2/c1-16-20-13-19(14-24-23(20)27(2)26-16)25-21(28)15-29-22(17-9-5-3-6-10-17)18-11-7-4-8-12-18/h3-14,22H,15H2,1-2H3,(H,25,28). The molecule has 6 heteroatoms. The minimum atomic E-state index is -0.315. The Bertz CT molecular complexity index is 1080. The van der Waals surface area contributed by atoms with Gasteiger partial charge in [-0.25, -0.2) is 4.98 Å². The molecule has 6 nitrogen and oxygen atoms in total. The third-order valence-corrected chi connectivity index (χ3v) is 4.73. The Hall–Kier alpha value is -3.51. The van der Waals surface area contributed by atoms with Gasteiger partial charge in [0.25, 0.3) is 0 Å². The molecular formula is C23H22N4O2. The highest BCUT2D eigenvalue weighted by molar-refractivity contribution is 5.93. The van der Waals surface area contributed by atoms with Crippen LogP contribution in [0.25, 0.3) is 11.0 Å². The van der Waals surface area contributed by atoms with Crippen molar-refractivity contribution in [3.8, 4) is 0 Å². The molecular weight excluding hydrogens is 364 g/mol. The average molecular weight is 386 g/mol. The SMILES string of the molecule is Cc1nn(C)c2ncc(NC(=O)COC(c3ccccc3)c3ccccc3)cc12. The van der Waals surface area contributed by atoms with Gasteiger partial charge in [-0.1, -0.05) is 60.7 Å². The van der Waals surface area contributed by atoms with Gasteiger partial charge in [-0.15, -0.1) is 0 Å². The van der Waals surface area contributed by atoms with Crippen molar-refractivity contribution < 1.29 is 9.53 Å². The van der Waals surface area contributed by atoms with Crippen LogP contribution in [0, 0.1) is 6.92 Å². The van der Waals surface area contributed by atoms with E-state index in [1.54, 1.807) is 10.9 Å². The van der Waals surface area contributed by atoms with Gasteiger partial charge in [0.1, 0.15) is 12.7 Å². The highest BCUT2D eigenvalue weighted by Gasteiger charge is 2.16. The first-order chi connectivity index (χ1) is 14.1. The highest BCUT2D eigenvalue weighted by Crippen LogP contribution is 2.26. The molecule has 1 amide bonds. The molecule has 0 aliphatic rings. The predicted molar refractivity (Wildman–Crippen MR) is 113 cm³/mol. The van der Waals surface area contributed by atoms with Crippen molar-refractivity contribution in [2.45, 2.75) is 13.0 Å². The Morgan fingerprint density at radius 2 is 1.69 bits per heavy atom. The molecule has 2 heterocycles. The van der Waals surface area contributed by atoms with Crippen molar-refractivity contribution in [2.75, 3.05) is 11.9 Å². The summed E-state index contributed by atoms with van der Waals surface area (Å²) in [5.74, 6) is -0.232. The molecule has 0 saturated carbocycles. The van der Waals surface area contributed by atoms with E-state index >= 15 is 0 Å². The van der Waals surface area contributed by atoms with Crippen LogP contribution in [0.15, 0.2) is 72.9 Å². The fraction of sp³-hybridized carbons (Fsp3) is 0.174. The summed E-state index contributed by atoms with van der Waals surface area (Å²) in [5, 5.41) is 8.13. The smallest absolute Gasteiger partial charge is 0.250 e. The van der Waals surface area contributed by atoms with Crippen LogP contribution >= 0.6 is 0 Å². The lowest BCUT2D eigenvalue weighted by molar-refractivity contribution is -0.121. The second-order valence-corrected chi connectivity index (χ2v) is 6.86. The summed E-state index contributed by atoms with van der Waals surface area (Å²) < 4.78 is 7.74. The van der Waals surface area contributed by atoms with Gasteiger partial charge in [-0.2, -0.15) is 5.10 Å². The van der Waals surface area contributed by atoms with Gasteiger partial charge in [0.05, 0.1) is 17.6 Å². The van der Waals surface area contributed by atoms with E-state index in [-0.39, 0.29) is 18.6 Å². The first kappa shape index (κ1) is 18.8. The Morgan fingerprint density at radius 1 is 1.07 bits per heavy atom. The zero-order valence-electron chi connectivity index (χ0n) is 16.4. The number of aryl methyl sites for hydroxylation is 2. The number of carbonyl (C=O) groups excluding carboxylic acids is 1. The second-order valence-electron chi connectivity index (χ2n) is 6.86. The number of nitrogens with zero attached hydrogens (tertiary/aromatic N) is 3. The number of anilines is 1. The summed E-state index contributed by atoms with van der Waals surface area (Å²) >= 11 is 0. The molecule has 0 bridgehead atoms. The number of hydrogen-bond acceptors (Lipinski definition) is 4. The number of aromatic nitrogens is 3. The number of benzene rings is 2. The molecule has 0 saturated heterocycles. The number of ether oxygens (including phenoxy) is 1. The van der Waals surface area contributed by atoms with Crippen LogP contribution < -0.4 is 5.32 Å². The number of hydrogen-bond donors (Lipinski definition) is 1. The third kappa shape index (κ3) is 4.17. The largest absolute Gasteiger partial charge is 0.359 e. The zero-order valence-corrected chi connectivity index (χ0v) is 16.4. The Morgan fingerprint density at radius 3 is 2.31 bits per heavy atom. The van der Waals surface area contributed by atoms with Crippen LogP contribution in [0.1, 0.15) is 22.9 Å².